The average Bonchev–Trinajstić information content (AvgIpc) is 2.91. The molecule has 0 N–H and O–H groups in total. The monoisotopic (exact) mass is 310 g/mol. The van der Waals surface area contributed by atoms with Crippen LogP contribution in [0.1, 0.15) is 33.3 Å². The first kappa shape index (κ1) is 16.1. The van der Waals surface area contributed by atoms with E-state index in [0.29, 0.717) is 23.4 Å². The van der Waals surface area contributed by atoms with Gasteiger partial charge in [0.2, 0.25) is 0 Å². The number of para-hydroxylation sites is 1. The van der Waals surface area contributed by atoms with Crippen LogP contribution in [-0.4, -0.2) is 6.61 Å². The topological polar surface area (TPSA) is 18.5 Å². The molecule has 122 valence electrons. The standard InChI is InChI=1S/C21H26O2/c1-20(2)19(21(20,3)4)15-22-14-16-9-8-12-18(13-16)23-17-10-6-5-7-11-17/h5-13,19H,14-15H2,1-4H3. The smallest absolute Gasteiger partial charge is 0.127 e. The Morgan fingerprint density at radius 3 is 2.13 bits per heavy atom. The van der Waals surface area contributed by atoms with E-state index in [1.165, 1.54) is 0 Å². The van der Waals surface area contributed by atoms with Crippen LogP contribution in [0.2, 0.25) is 0 Å². The first-order chi connectivity index (χ1) is 10.9. The highest BCUT2D eigenvalue weighted by Crippen LogP contribution is 2.68. The Bertz CT molecular complexity index is 645. The number of rotatable bonds is 6. The Labute approximate surface area is 139 Å². The molecule has 0 bridgehead atoms. The van der Waals surface area contributed by atoms with Gasteiger partial charge in [0.25, 0.3) is 0 Å². The Kier molecular flexibility index (Phi) is 4.20. The third-order valence-corrected chi connectivity index (χ3v) is 5.75. The summed E-state index contributed by atoms with van der Waals surface area (Å²) in [6.07, 6.45) is 0. The van der Waals surface area contributed by atoms with Crippen molar-refractivity contribution in [1.82, 2.24) is 0 Å². The molecule has 1 saturated carbocycles. The summed E-state index contributed by atoms with van der Waals surface area (Å²) in [5.74, 6) is 2.34. The highest BCUT2D eigenvalue weighted by Gasteiger charge is 2.64. The molecule has 0 aromatic heterocycles. The van der Waals surface area contributed by atoms with Crippen LogP contribution in [0.15, 0.2) is 54.6 Å². The average molecular weight is 310 g/mol. The van der Waals surface area contributed by atoms with Gasteiger partial charge in [-0.1, -0.05) is 58.0 Å². The van der Waals surface area contributed by atoms with Gasteiger partial charge in [-0.2, -0.15) is 0 Å². The van der Waals surface area contributed by atoms with E-state index in [0.717, 1.165) is 23.7 Å². The molecule has 1 aliphatic rings. The molecule has 0 heterocycles. The Balaban J connectivity index is 1.54. The predicted octanol–water partition coefficient (Wildman–Crippen LogP) is 5.68. The fraction of sp³-hybridized carbons (Fsp3) is 0.429. The van der Waals surface area contributed by atoms with Crippen molar-refractivity contribution in [2.24, 2.45) is 16.7 Å². The lowest BCUT2D eigenvalue weighted by Crippen LogP contribution is -2.02. The van der Waals surface area contributed by atoms with Gasteiger partial charge in [-0.25, -0.2) is 0 Å². The minimum absolute atomic E-state index is 0.380. The maximum atomic E-state index is 5.96. The van der Waals surface area contributed by atoms with Gasteiger partial charge in [-0.05, 0) is 46.6 Å². The molecule has 2 heteroatoms. The van der Waals surface area contributed by atoms with Crippen molar-refractivity contribution in [2.45, 2.75) is 34.3 Å². The lowest BCUT2D eigenvalue weighted by Gasteiger charge is -2.09. The molecule has 2 aromatic rings. The molecule has 0 atom stereocenters. The van der Waals surface area contributed by atoms with Crippen molar-refractivity contribution in [3.8, 4) is 11.5 Å². The highest BCUT2D eigenvalue weighted by atomic mass is 16.5. The van der Waals surface area contributed by atoms with Crippen molar-refractivity contribution < 1.29 is 9.47 Å². The van der Waals surface area contributed by atoms with Gasteiger partial charge < -0.3 is 9.47 Å². The van der Waals surface area contributed by atoms with E-state index >= 15 is 0 Å². The van der Waals surface area contributed by atoms with E-state index < -0.39 is 0 Å². The first-order valence-corrected chi connectivity index (χ1v) is 8.31. The lowest BCUT2D eigenvalue weighted by molar-refractivity contribution is 0.0992. The summed E-state index contributed by atoms with van der Waals surface area (Å²) in [7, 11) is 0. The molecule has 1 fully saturated rings. The molecule has 2 nitrogen and oxygen atoms in total. The molecule has 0 spiro atoms. The number of hydrogen-bond acceptors (Lipinski definition) is 2. The first-order valence-electron chi connectivity index (χ1n) is 8.31. The minimum Gasteiger partial charge on any atom is -0.457 e. The Hall–Kier alpha value is -1.80. The van der Waals surface area contributed by atoms with Crippen LogP contribution in [0.5, 0.6) is 11.5 Å². The van der Waals surface area contributed by atoms with Gasteiger partial charge in [0, 0.05) is 0 Å². The van der Waals surface area contributed by atoms with Gasteiger partial charge >= 0.3 is 0 Å². The van der Waals surface area contributed by atoms with Gasteiger partial charge in [0.15, 0.2) is 0 Å². The van der Waals surface area contributed by atoms with Crippen LogP contribution in [0.4, 0.5) is 0 Å². The number of ether oxygens (including phenoxy) is 2. The molecular formula is C21H26O2. The van der Waals surface area contributed by atoms with E-state index in [2.05, 4.69) is 39.8 Å². The van der Waals surface area contributed by atoms with E-state index in [-0.39, 0.29) is 0 Å². The van der Waals surface area contributed by atoms with Crippen LogP contribution in [-0.2, 0) is 11.3 Å². The second-order valence-corrected chi connectivity index (χ2v) is 7.57. The Morgan fingerprint density at radius 1 is 0.826 bits per heavy atom. The van der Waals surface area contributed by atoms with Crippen LogP contribution in [0, 0.1) is 16.7 Å². The maximum absolute atomic E-state index is 5.96. The quantitative estimate of drug-likeness (QED) is 0.683. The molecule has 2 aromatic carbocycles. The summed E-state index contributed by atoms with van der Waals surface area (Å²) in [6.45, 7) is 10.8. The third kappa shape index (κ3) is 3.28. The molecule has 3 rings (SSSR count). The molecule has 1 aliphatic carbocycles. The van der Waals surface area contributed by atoms with Crippen molar-refractivity contribution in [3.63, 3.8) is 0 Å². The summed E-state index contributed by atoms with van der Waals surface area (Å²) < 4.78 is 11.8. The predicted molar refractivity (Wildman–Crippen MR) is 93.7 cm³/mol. The van der Waals surface area contributed by atoms with E-state index in [1.54, 1.807) is 0 Å². The second kappa shape index (κ2) is 6.01. The molecule has 0 aliphatic heterocycles. The van der Waals surface area contributed by atoms with E-state index in [9.17, 15) is 0 Å². The van der Waals surface area contributed by atoms with Crippen LogP contribution in [0.25, 0.3) is 0 Å². The van der Waals surface area contributed by atoms with Crippen molar-refractivity contribution >= 4 is 0 Å². The van der Waals surface area contributed by atoms with Crippen LogP contribution < -0.4 is 4.74 Å². The molecule has 0 amide bonds. The largest absolute Gasteiger partial charge is 0.457 e. The zero-order valence-electron chi connectivity index (χ0n) is 14.5. The molecule has 0 unspecified atom stereocenters. The summed E-state index contributed by atoms with van der Waals surface area (Å²) in [5.41, 5.74) is 1.91. The fourth-order valence-corrected chi connectivity index (χ4v) is 3.37. The summed E-state index contributed by atoms with van der Waals surface area (Å²) in [5, 5.41) is 0. The van der Waals surface area contributed by atoms with Gasteiger partial charge in [-0.3, -0.25) is 0 Å². The van der Waals surface area contributed by atoms with Crippen LogP contribution in [0.3, 0.4) is 0 Å². The normalized spacial score (nSPS) is 18.6. The van der Waals surface area contributed by atoms with E-state index in [1.807, 2.05) is 42.5 Å². The molecule has 0 saturated heterocycles. The van der Waals surface area contributed by atoms with Gasteiger partial charge in [-0.15, -0.1) is 0 Å². The number of hydrogen-bond donors (Lipinski definition) is 0. The van der Waals surface area contributed by atoms with Crippen molar-refractivity contribution in [3.05, 3.63) is 60.2 Å². The van der Waals surface area contributed by atoms with Gasteiger partial charge in [0.1, 0.15) is 11.5 Å². The lowest BCUT2D eigenvalue weighted by atomic mass is 10.0. The summed E-state index contributed by atoms with van der Waals surface area (Å²) >= 11 is 0. The maximum Gasteiger partial charge on any atom is 0.127 e. The third-order valence-electron chi connectivity index (χ3n) is 5.75. The molecule has 23 heavy (non-hydrogen) atoms. The fourth-order valence-electron chi connectivity index (χ4n) is 3.37. The van der Waals surface area contributed by atoms with Crippen LogP contribution >= 0.6 is 0 Å². The Morgan fingerprint density at radius 2 is 1.48 bits per heavy atom. The molecule has 0 radical (unpaired) electrons. The van der Waals surface area contributed by atoms with E-state index in [4.69, 9.17) is 9.47 Å². The zero-order chi connectivity index (χ0) is 16.5. The van der Waals surface area contributed by atoms with Crippen molar-refractivity contribution in [1.29, 1.82) is 0 Å². The highest BCUT2D eigenvalue weighted by molar-refractivity contribution is 5.33. The van der Waals surface area contributed by atoms with Crippen molar-refractivity contribution in [2.75, 3.05) is 6.61 Å². The second-order valence-electron chi connectivity index (χ2n) is 7.57. The number of benzene rings is 2. The summed E-state index contributed by atoms with van der Waals surface area (Å²) in [6, 6.07) is 18.0. The SMILES string of the molecule is CC1(C)C(COCc2cccc(Oc3ccccc3)c2)C1(C)C. The van der Waals surface area contributed by atoms with Gasteiger partial charge in [0.05, 0.1) is 13.2 Å². The zero-order valence-corrected chi connectivity index (χ0v) is 14.5. The summed E-state index contributed by atoms with van der Waals surface area (Å²) in [4.78, 5) is 0. The molecular weight excluding hydrogens is 284 g/mol. The minimum atomic E-state index is 0.380.